The maximum atomic E-state index is 11.2. The largest absolute Gasteiger partial charge is 0.392 e. The number of nitrogens with zero attached hydrogens (tertiary/aromatic N) is 2. The fourth-order valence-electron chi connectivity index (χ4n) is 1.12. The van der Waals surface area contributed by atoms with Gasteiger partial charge in [-0.3, -0.25) is 4.79 Å². The van der Waals surface area contributed by atoms with Crippen molar-refractivity contribution in [2.45, 2.75) is 13.0 Å². The van der Waals surface area contributed by atoms with E-state index in [9.17, 15) is 9.90 Å². The van der Waals surface area contributed by atoms with Gasteiger partial charge in [-0.1, -0.05) is 0 Å². The summed E-state index contributed by atoms with van der Waals surface area (Å²) >= 11 is 1.94. The van der Waals surface area contributed by atoms with Crippen molar-refractivity contribution < 1.29 is 5.11 Å². The Hall–Kier alpha value is -0.630. The van der Waals surface area contributed by atoms with Crippen LogP contribution >= 0.6 is 22.6 Å². The second-order valence-electron chi connectivity index (χ2n) is 3.10. The van der Waals surface area contributed by atoms with E-state index in [2.05, 4.69) is 9.97 Å². The first-order valence-corrected chi connectivity index (χ1v) is 5.22. The first kappa shape index (κ1) is 11.4. The van der Waals surface area contributed by atoms with E-state index in [0.29, 0.717) is 15.9 Å². The molecule has 0 aliphatic rings. The second kappa shape index (κ2) is 4.74. The van der Waals surface area contributed by atoms with Crippen LogP contribution in [-0.4, -0.2) is 34.8 Å². The summed E-state index contributed by atoms with van der Waals surface area (Å²) in [6, 6.07) is 0. The Labute approximate surface area is 95.3 Å². The Kier molecular flexibility index (Phi) is 3.87. The van der Waals surface area contributed by atoms with Crippen molar-refractivity contribution in [3.63, 3.8) is 0 Å². The fraction of sp³-hybridized carbons (Fsp3) is 0.500. The summed E-state index contributed by atoms with van der Waals surface area (Å²) < 4.78 is 0.535. The van der Waals surface area contributed by atoms with Gasteiger partial charge in [0.15, 0.2) is 0 Å². The second-order valence-corrected chi connectivity index (χ2v) is 4.18. The SMILES string of the molecule is CC(O)CN(C)c1nc[nH]c(=O)c1I. The standard InChI is InChI=1S/C8H12IN3O2/c1-5(13)3-12(2)7-6(9)8(14)11-4-10-7/h4-5,13H,3H2,1-2H3,(H,10,11,14). The Morgan fingerprint density at radius 2 is 2.43 bits per heavy atom. The van der Waals surface area contributed by atoms with Gasteiger partial charge in [0.05, 0.1) is 12.4 Å². The fourth-order valence-corrected chi connectivity index (χ4v) is 1.83. The minimum Gasteiger partial charge on any atom is -0.392 e. The molecule has 0 fully saturated rings. The number of hydrogen-bond acceptors (Lipinski definition) is 4. The molecule has 2 N–H and O–H groups in total. The number of aromatic nitrogens is 2. The summed E-state index contributed by atoms with van der Waals surface area (Å²) in [5.74, 6) is 0.593. The Balaban J connectivity index is 2.95. The van der Waals surface area contributed by atoms with Crippen LogP contribution in [0.3, 0.4) is 0 Å². The summed E-state index contributed by atoms with van der Waals surface area (Å²) in [7, 11) is 1.79. The Morgan fingerprint density at radius 3 is 3.00 bits per heavy atom. The quantitative estimate of drug-likeness (QED) is 0.782. The molecule has 1 atom stereocenters. The molecule has 0 saturated heterocycles. The van der Waals surface area contributed by atoms with Crippen LogP contribution in [0.1, 0.15) is 6.92 Å². The van der Waals surface area contributed by atoms with Crippen molar-refractivity contribution in [2.24, 2.45) is 0 Å². The lowest BCUT2D eigenvalue weighted by molar-refractivity contribution is 0.201. The molecule has 1 aromatic rings. The summed E-state index contributed by atoms with van der Waals surface area (Å²) in [6.07, 6.45) is 0.912. The number of aliphatic hydroxyl groups excluding tert-OH is 1. The van der Waals surface area contributed by atoms with Gasteiger partial charge in [-0.05, 0) is 29.5 Å². The van der Waals surface area contributed by atoms with Crippen LogP contribution in [0.5, 0.6) is 0 Å². The highest BCUT2D eigenvalue weighted by Crippen LogP contribution is 2.13. The maximum Gasteiger partial charge on any atom is 0.266 e. The highest BCUT2D eigenvalue weighted by molar-refractivity contribution is 14.1. The van der Waals surface area contributed by atoms with Crippen LogP contribution in [-0.2, 0) is 0 Å². The molecule has 6 heteroatoms. The van der Waals surface area contributed by atoms with Gasteiger partial charge in [0.25, 0.3) is 5.56 Å². The van der Waals surface area contributed by atoms with Gasteiger partial charge >= 0.3 is 0 Å². The number of anilines is 1. The maximum absolute atomic E-state index is 11.2. The van der Waals surface area contributed by atoms with Gasteiger partial charge in [0.2, 0.25) is 0 Å². The molecular weight excluding hydrogens is 297 g/mol. The molecule has 1 aromatic heterocycles. The van der Waals surface area contributed by atoms with E-state index in [1.807, 2.05) is 22.6 Å². The van der Waals surface area contributed by atoms with E-state index in [4.69, 9.17) is 0 Å². The molecule has 0 amide bonds. The zero-order chi connectivity index (χ0) is 10.7. The number of rotatable bonds is 3. The average molecular weight is 309 g/mol. The van der Waals surface area contributed by atoms with Gasteiger partial charge < -0.3 is 15.0 Å². The third kappa shape index (κ3) is 2.68. The van der Waals surface area contributed by atoms with Crippen molar-refractivity contribution in [2.75, 3.05) is 18.5 Å². The monoisotopic (exact) mass is 309 g/mol. The third-order valence-corrected chi connectivity index (χ3v) is 2.65. The van der Waals surface area contributed by atoms with Crippen LogP contribution in [0.25, 0.3) is 0 Å². The molecular formula is C8H12IN3O2. The normalized spacial score (nSPS) is 12.6. The number of aliphatic hydroxyl groups is 1. The lowest BCUT2D eigenvalue weighted by Gasteiger charge is -2.20. The van der Waals surface area contributed by atoms with E-state index < -0.39 is 6.10 Å². The molecule has 78 valence electrons. The lowest BCUT2D eigenvalue weighted by atomic mass is 10.4. The summed E-state index contributed by atoms with van der Waals surface area (Å²) in [5, 5.41) is 9.19. The molecule has 0 radical (unpaired) electrons. The Morgan fingerprint density at radius 1 is 1.79 bits per heavy atom. The number of H-pyrrole nitrogens is 1. The third-order valence-electron chi connectivity index (χ3n) is 1.68. The highest BCUT2D eigenvalue weighted by Gasteiger charge is 2.11. The molecule has 1 unspecified atom stereocenters. The molecule has 0 bridgehead atoms. The van der Waals surface area contributed by atoms with E-state index >= 15 is 0 Å². The molecule has 1 heterocycles. The van der Waals surface area contributed by atoms with Crippen molar-refractivity contribution in [1.29, 1.82) is 0 Å². The zero-order valence-electron chi connectivity index (χ0n) is 7.99. The smallest absolute Gasteiger partial charge is 0.266 e. The van der Waals surface area contributed by atoms with Gasteiger partial charge in [-0.15, -0.1) is 0 Å². The number of hydrogen-bond donors (Lipinski definition) is 2. The summed E-state index contributed by atoms with van der Waals surface area (Å²) in [5.41, 5.74) is -0.159. The molecule has 0 spiro atoms. The Bertz CT molecular complexity index is 364. The predicted molar refractivity (Wildman–Crippen MR) is 62.5 cm³/mol. The minimum absolute atomic E-state index is 0.159. The summed E-state index contributed by atoms with van der Waals surface area (Å²) in [6.45, 7) is 2.14. The summed E-state index contributed by atoms with van der Waals surface area (Å²) in [4.78, 5) is 19.5. The number of nitrogens with one attached hydrogen (secondary N) is 1. The highest BCUT2D eigenvalue weighted by atomic mass is 127. The van der Waals surface area contributed by atoms with Gasteiger partial charge in [0.1, 0.15) is 9.39 Å². The van der Waals surface area contributed by atoms with Gasteiger partial charge in [-0.25, -0.2) is 4.98 Å². The van der Waals surface area contributed by atoms with E-state index in [0.717, 1.165) is 0 Å². The molecule has 0 aliphatic carbocycles. The minimum atomic E-state index is -0.447. The molecule has 14 heavy (non-hydrogen) atoms. The average Bonchev–Trinajstić information content (AvgIpc) is 2.08. The van der Waals surface area contributed by atoms with Crippen LogP contribution in [0, 0.1) is 3.57 Å². The van der Waals surface area contributed by atoms with Crippen molar-refractivity contribution in [3.05, 3.63) is 20.3 Å². The molecule has 0 aromatic carbocycles. The van der Waals surface area contributed by atoms with Gasteiger partial charge in [-0.2, -0.15) is 0 Å². The van der Waals surface area contributed by atoms with Crippen molar-refractivity contribution in [3.8, 4) is 0 Å². The van der Waals surface area contributed by atoms with E-state index in [-0.39, 0.29) is 5.56 Å². The first-order valence-electron chi connectivity index (χ1n) is 4.14. The van der Waals surface area contributed by atoms with Gasteiger partial charge in [0, 0.05) is 13.6 Å². The number of likely N-dealkylation sites (N-methyl/N-ethyl adjacent to an activating group) is 1. The van der Waals surface area contributed by atoms with Crippen LogP contribution < -0.4 is 10.5 Å². The predicted octanol–water partition coefficient (Wildman–Crippen LogP) is 0.192. The molecule has 0 aliphatic heterocycles. The van der Waals surface area contributed by atoms with E-state index in [1.54, 1.807) is 18.9 Å². The van der Waals surface area contributed by atoms with Crippen molar-refractivity contribution in [1.82, 2.24) is 9.97 Å². The topological polar surface area (TPSA) is 69.2 Å². The van der Waals surface area contributed by atoms with Crippen LogP contribution in [0.4, 0.5) is 5.82 Å². The number of aromatic amines is 1. The first-order chi connectivity index (χ1) is 6.52. The van der Waals surface area contributed by atoms with Crippen LogP contribution in [0.2, 0.25) is 0 Å². The van der Waals surface area contributed by atoms with E-state index in [1.165, 1.54) is 6.33 Å². The molecule has 1 rings (SSSR count). The number of halogens is 1. The van der Waals surface area contributed by atoms with Crippen molar-refractivity contribution >= 4 is 28.4 Å². The molecule has 0 saturated carbocycles. The zero-order valence-corrected chi connectivity index (χ0v) is 10.1. The lowest BCUT2D eigenvalue weighted by Crippen LogP contribution is -2.30. The van der Waals surface area contributed by atoms with Crippen LogP contribution in [0.15, 0.2) is 11.1 Å². The molecule has 5 nitrogen and oxygen atoms in total.